The molecule has 0 fully saturated rings. The minimum absolute atomic E-state index is 0.0461. The van der Waals surface area contributed by atoms with Crippen LogP contribution in [0.3, 0.4) is 0 Å². The molecule has 1 aliphatic rings. The first-order valence-corrected chi connectivity index (χ1v) is 9.56. The van der Waals surface area contributed by atoms with E-state index in [-0.39, 0.29) is 11.5 Å². The van der Waals surface area contributed by atoms with Gasteiger partial charge in [-0.1, -0.05) is 23.7 Å². The number of rotatable bonds is 4. The van der Waals surface area contributed by atoms with E-state index < -0.39 is 11.5 Å². The van der Waals surface area contributed by atoms with Gasteiger partial charge in [0, 0.05) is 29.0 Å². The van der Waals surface area contributed by atoms with Gasteiger partial charge in [0.1, 0.15) is 5.56 Å². The van der Waals surface area contributed by atoms with Crippen LogP contribution in [-0.2, 0) is 17.8 Å². The lowest BCUT2D eigenvalue weighted by Crippen LogP contribution is -2.34. The standard InChI is InChI=1S/C22H18ClN3O3/c23-16-6-3-14(4-7-16)13-26-19-9-8-17(12-15(19)5-10-20(26)27)25-22(29)18-2-1-11-24-21(18)28/h1-4,6-9,11-12H,5,10,13H2,(H,24,28)(H,25,29). The highest BCUT2D eigenvalue weighted by molar-refractivity contribution is 6.30. The maximum atomic E-state index is 12.5. The lowest BCUT2D eigenvalue weighted by molar-refractivity contribution is -0.119. The van der Waals surface area contributed by atoms with Crippen LogP contribution in [0.1, 0.15) is 27.9 Å². The number of hydrogen-bond donors (Lipinski definition) is 2. The molecule has 2 heterocycles. The van der Waals surface area contributed by atoms with Crippen molar-refractivity contribution in [2.45, 2.75) is 19.4 Å². The second kappa shape index (κ2) is 7.93. The largest absolute Gasteiger partial charge is 0.328 e. The van der Waals surface area contributed by atoms with Crippen molar-refractivity contribution in [2.24, 2.45) is 0 Å². The molecular weight excluding hydrogens is 390 g/mol. The van der Waals surface area contributed by atoms with Gasteiger partial charge in [0.05, 0.1) is 6.54 Å². The highest BCUT2D eigenvalue weighted by Gasteiger charge is 2.24. The number of carbonyl (C=O) groups excluding carboxylic acids is 2. The quantitative estimate of drug-likeness (QED) is 0.690. The zero-order chi connectivity index (χ0) is 20.4. The maximum absolute atomic E-state index is 12.5. The van der Waals surface area contributed by atoms with E-state index in [2.05, 4.69) is 10.3 Å². The Kier molecular flexibility index (Phi) is 5.18. The van der Waals surface area contributed by atoms with Crippen molar-refractivity contribution in [3.8, 4) is 0 Å². The van der Waals surface area contributed by atoms with Crippen LogP contribution in [0.2, 0.25) is 5.02 Å². The van der Waals surface area contributed by atoms with E-state index in [0.717, 1.165) is 16.8 Å². The van der Waals surface area contributed by atoms with Crippen molar-refractivity contribution in [3.63, 3.8) is 0 Å². The van der Waals surface area contributed by atoms with Gasteiger partial charge in [-0.15, -0.1) is 0 Å². The normalized spacial score (nSPS) is 13.1. The number of nitrogens with zero attached hydrogens (tertiary/aromatic N) is 1. The molecule has 0 saturated heterocycles. The molecule has 4 rings (SSSR count). The summed E-state index contributed by atoms with van der Waals surface area (Å²) in [5, 5.41) is 3.40. The highest BCUT2D eigenvalue weighted by atomic mass is 35.5. The Morgan fingerprint density at radius 3 is 2.62 bits per heavy atom. The van der Waals surface area contributed by atoms with Crippen molar-refractivity contribution in [1.29, 1.82) is 0 Å². The summed E-state index contributed by atoms with van der Waals surface area (Å²) in [6.45, 7) is 0.452. The maximum Gasteiger partial charge on any atom is 0.261 e. The summed E-state index contributed by atoms with van der Waals surface area (Å²) >= 11 is 5.94. The van der Waals surface area contributed by atoms with Crippen molar-refractivity contribution in [3.05, 3.63) is 92.9 Å². The van der Waals surface area contributed by atoms with Crippen molar-refractivity contribution < 1.29 is 9.59 Å². The molecular formula is C22H18ClN3O3. The molecule has 0 atom stereocenters. The number of benzene rings is 2. The number of amides is 2. The Morgan fingerprint density at radius 1 is 1.07 bits per heavy atom. The summed E-state index contributed by atoms with van der Waals surface area (Å²) in [6, 6.07) is 15.9. The van der Waals surface area contributed by atoms with Gasteiger partial charge in [-0.2, -0.15) is 0 Å². The molecule has 6 nitrogen and oxygen atoms in total. The average Bonchev–Trinajstić information content (AvgIpc) is 2.72. The zero-order valence-electron chi connectivity index (χ0n) is 15.4. The Hall–Kier alpha value is -3.38. The van der Waals surface area contributed by atoms with Gasteiger partial charge in [0.2, 0.25) is 5.91 Å². The number of fused-ring (bicyclic) bond motifs is 1. The smallest absolute Gasteiger partial charge is 0.261 e. The van der Waals surface area contributed by atoms with Crippen LogP contribution in [-0.4, -0.2) is 16.8 Å². The van der Waals surface area contributed by atoms with Gasteiger partial charge in [0.25, 0.3) is 11.5 Å². The fourth-order valence-electron chi connectivity index (χ4n) is 3.38. The number of aryl methyl sites for hydroxylation is 1. The molecule has 146 valence electrons. The Bertz CT molecular complexity index is 1140. The topological polar surface area (TPSA) is 82.3 Å². The van der Waals surface area contributed by atoms with Crippen LogP contribution in [0.15, 0.2) is 65.6 Å². The minimum Gasteiger partial charge on any atom is -0.328 e. The molecule has 3 aromatic rings. The second-order valence-electron chi connectivity index (χ2n) is 6.82. The van der Waals surface area contributed by atoms with E-state index in [1.165, 1.54) is 12.3 Å². The summed E-state index contributed by atoms with van der Waals surface area (Å²) in [7, 11) is 0. The van der Waals surface area contributed by atoms with E-state index in [0.29, 0.717) is 30.1 Å². The number of nitrogens with one attached hydrogen (secondary N) is 2. The fourth-order valence-corrected chi connectivity index (χ4v) is 3.51. The lowest BCUT2D eigenvalue weighted by atomic mass is 9.99. The average molecular weight is 408 g/mol. The van der Waals surface area contributed by atoms with Crippen LogP contribution in [0, 0.1) is 0 Å². The number of halogens is 1. The summed E-state index contributed by atoms with van der Waals surface area (Å²) in [6.07, 6.45) is 2.47. The molecule has 0 aliphatic carbocycles. The number of H-pyrrole nitrogens is 1. The number of pyridine rings is 1. The lowest BCUT2D eigenvalue weighted by Gasteiger charge is -2.30. The molecule has 2 amide bonds. The fraction of sp³-hybridized carbons (Fsp3) is 0.136. The van der Waals surface area contributed by atoms with Crippen LogP contribution in [0.4, 0.5) is 11.4 Å². The van der Waals surface area contributed by atoms with Crippen LogP contribution in [0.25, 0.3) is 0 Å². The summed E-state index contributed by atoms with van der Waals surface area (Å²) < 4.78 is 0. The molecule has 0 unspecified atom stereocenters. The number of aromatic nitrogens is 1. The zero-order valence-corrected chi connectivity index (χ0v) is 16.2. The SMILES string of the molecule is O=C(Nc1ccc2c(c1)CCC(=O)N2Cc1ccc(Cl)cc1)c1ccc[nH]c1=O. The van der Waals surface area contributed by atoms with E-state index >= 15 is 0 Å². The Morgan fingerprint density at radius 2 is 1.86 bits per heavy atom. The molecule has 1 aliphatic heterocycles. The molecule has 2 aromatic carbocycles. The van der Waals surface area contributed by atoms with E-state index in [9.17, 15) is 14.4 Å². The first-order valence-electron chi connectivity index (χ1n) is 9.18. The first-order chi connectivity index (χ1) is 14.0. The number of anilines is 2. The van der Waals surface area contributed by atoms with E-state index in [4.69, 9.17) is 11.6 Å². The van der Waals surface area contributed by atoms with Gasteiger partial charge in [-0.05, 0) is 60.0 Å². The van der Waals surface area contributed by atoms with Crippen molar-refractivity contribution >= 4 is 34.8 Å². The van der Waals surface area contributed by atoms with Crippen molar-refractivity contribution in [2.75, 3.05) is 10.2 Å². The molecule has 29 heavy (non-hydrogen) atoms. The Labute approximate surface area is 172 Å². The molecule has 7 heteroatoms. The molecule has 0 bridgehead atoms. The molecule has 0 radical (unpaired) electrons. The third-order valence-electron chi connectivity index (χ3n) is 4.85. The monoisotopic (exact) mass is 407 g/mol. The highest BCUT2D eigenvalue weighted by Crippen LogP contribution is 2.31. The molecule has 1 aromatic heterocycles. The van der Waals surface area contributed by atoms with Gasteiger partial charge in [-0.25, -0.2) is 0 Å². The van der Waals surface area contributed by atoms with E-state index in [1.54, 1.807) is 29.2 Å². The number of carbonyl (C=O) groups is 2. The summed E-state index contributed by atoms with van der Waals surface area (Å²) in [5.41, 5.74) is 2.96. The van der Waals surface area contributed by atoms with Gasteiger partial charge >= 0.3 is 0 Å². The van der Waals surface area contributed by atoms with Crippen LogP contribution < -0.4 is 15.8 Å². The van der Waals surface area contributed by atoms with E-state index in [1.807, 2.05) is 24.3 Å². The Balaban J connectivity index is 1.57. The van der Waals surface area contributed by atoms with Crippen molar-refractivity contribution in [1.82, 2.24) is 4.98 Å². The third kappa shape index (κ3) is 4.07. The predicted octanol–water partition coefficient (Wildman–Crippen LogP) is 3.76. The third-order valence-corrected chi connectivity index (χ3v) is 5.11. The summed E-state index contributed by atoms with van der Waals surface area (Å²) in [5.74, 6) is -0.420. The van der Waals surface area contributed by atoms with Gasteiger partial charge < -0.3 is 15.2 Å². The second-order valence-corrected chi connectivity index (χ2v) is 7.25. The minimum atomic E-state index is -0.475. The molecule has 0 spiro atoms. The molecule has 0 saturated carbocycles. The first kappa shape index (κ1) is 19.0. The van der Waals surface area contributed by atoms with Gasteiger partial charge in [-0.3, -0.25) is 14.4 Å². The number of hydrogen-bond acceptors (Lipinski definition) is 3. The van der Waals surface area contributed by atoms with Crippen LogP contribution in [0.5, 0.6) is 0 Å². The van der Waals surface area contributed by atoms with Crippen LogP contribution >= 0.6 is 11.6 Å². The molecule has 2 N–H and O–H groups in total. The summed E-state index contributed by atoms with van der Waals surface area (Å²) in [4.78, 5) is 40.9. The van der Waals surface area contributed by atoms with Gasteiger partial charge in [0.15, 0.2) is 0 Å². The predicted molar refractivity (Wildman–Crippen MR) is 112 cm³/mol. The number of aromatic amines is 1.